The molecule has 9 heteroatoms. The van der Waals surface area contributed by atoms with Gasteiger partial charge in [-0.15, -0.1) is 0 Å². The van der Waals surface area contributed by atoms with Crippen molar-refractivity contribution in [1.29, 1.82) is 0 Å². The summed E-state index contributed by atoms with van der Waals surface area (Å²) >= 11 is 0. The first-order chi connectivity index (χ1) is 16.0. The van der Waals surface area contributed by atoms with E-state index in [0.29, 0.717) is 35.4 Å². The highest BCUT2D eigenvalue weighted by molar-refractivity contribution is 6.12. The molecule has 3 rings (SSSR count). The van der Waals surface area contributed by atoms with Crippen molar-refractivity contribution < 1.29 is 28.8 Å². The Morgan fingerprint density at radius 3 is 2.56 bits per heavy atom. The molecule has 0 aromatic heterocycles. The molecule has 1 heterocycles. The first-order valence-corrected chi connectivity index (χ1v) is 11.3. The number of Topliss-reactive ketones (excluding diaryl/α,β-unsaturated/α-hetero) is 1. The van der Waals surface area contributed by atoms with Crippen LogP contribution in [0.15, 0.2) is 40.7 Å². The summed E-state index contributed by atoms with van der Waals surface area (Å²) in [6.45, 7) is 8.78. The van der Waals surface area contributed by atoms with Crippen LogP contribution in [0.5, 0.6) is 0 Å². The summed E-state index contributed by atoms with van der Waals surface area (Å²) in [7, 11) is 1.23. The minimum Gasteiger partial charge on any atom is -0.468 e. The Hall–Kier alpha value is -3.49. The van der Waals surface area contributed by atoms with Gasteiger partial charge < -0.3 is 14.8 Å². The molecule has 1 N–H and O–H groups in total. The molecule has 0 radical (unpaired) electrons. The van der Waals surface area contributed by atoms with Gasteiger partial charge in [0.05, 0.1) is 23.7 Å². The molecule has 0 bridgehead atoms. The van der Waals surface area contributed by atoms with E-state index in [4.69, 9.17) is 9.47 Å². The third kappa shape index (κ3) is 4.47. The second kappa shape index (κ2) is 9.79. The number of dihydropyridines is 1. The number of aryl methyl sites for hydroxylation is 1. The van der Waals surface area contributed by atoms with Crippen LogP contribution in [-0.4, -0.2) is 35.9 Å². The quantitative estimate of drug-likeness (QED) is 0.288. The lowest BCUT2D eigenvalue weighted by Gasteiger charge is -2.38. The van der Waals surface area contributed by atoms with Crippen LogP contribution in [0.1, 0.15) is 57.6 Å². The van der Waals surface area contributed by atoms with Crippen molar-refractivity contribution in [2.45, 2.75) is 59.5 Å². The van der Waals surface area contributed by atoms with Gasteiger partial charge in [0.1, 0.15) is 5.92 Å². The standard InChI is InChI=1S/C25H30N2O7/c1-7-14(4)34-25(30)20-15(5)26-17-10-13(3)19(24(29)33-6)23(28)22(17)21(20)16-9-8-12(2)18(11-16)27(31)32/h8-9,11,13-14,19,21,26H,7,10H2,1-6H3/t13-,14-,19+,21-/m0/s1. The first kappa shape index (κ1) is 25.1. The Labute approximate surface area is 198 Å². The molecule has 2 aliphatic rings. The van der Waals surface area contributed by atoms with Crippen molar-refractivity contribution in [2.75, 3.05) is 7.11 Å². The zero-order valence-electron chi connectivity index (χ0n) is 20.3. The van der Waals surface area contributed by atoms with Gasteiger partial charge in [-0.2, -0.15) is 0 Å². The monoisotopic (exact) mass is 470 g/mol. The molecule has 0 saturated heterocycles. The van der Waals surface area contributed by atoms with Gasteiger partial charge >= 0.3 is 11.9 Å². The minimum absolute atomic E-state index is 0.119. The SMILES string of the molecule is CC[C@H](C)OC(=O)C1=C(C)NC2=C(C(=O)[C@H](C(=O)OC)[C@@H](C)C2)[C@H]1c1ccc(C)c([N+](=O)[O-])c1. The van der Waals surface area contributed by atoms with Gasteiger partial charge in [-0.25, -0.2) is 4.79 Å². The summed E-state index contributed by atoms with van der Waals surface area (Å²) in [5.74, 6) is -3.98. The third-order valence-corrected chi connectivity index (χ3v) is 6.61. The Morgan fingerprint density at radius 1 is 1.29 bits per heavy atom. The van der Waals surface area contributed by atoms with E-state index in [1.807, 2.05) is 6.92 Å². The fraction of sp³-hybridized carbons (Fsp3) is 0.480. The lowest BCUT2D eigenvalue weighted by atomic mass is 9.69. The number of nitro benzene ring substituents is 1. The molecule has 0 unspecified atom stereocenters. The van der Waals surface area contributed by atoms with Crippen molar-refractivity contribution in [3.05, 3.63) is 62.0 Å². The maximum atomic E-state index is 13.7. The van der Waals surface area contributed by atoms with Crippen molar-refractivity contribution >= 4 is 23.4 Å². The number of allylic oxidation sites excluding steroid dienone is 3. The number of nitro groups is 1. The normalized spacial score (nSPS) is 23.1. The summed E-state index contributed by atoms with van der Waals surface area (Å²) in [4.78, 5) is 50.6. The first-order valence-electron chi connectivity index (χ1n) is 11.3. The van der Waals surface area contributed by atoms with E-state index in [9.17, 15) is 24.5 Å². The molecule has 0 spiro atoms. The van der Waals surface area contributed by atoms with E-state index < -0.39 is 34.5 Å². The number of benzene rings is 1. The Kier molecular flexibility index (Phi) is 7.24. The number of methoxy groups -OCH3 is 1. The second-order valence-corrected chi connectivity index (χ2v) is 8.96. The fourth-order valence-electron chi connectivity index (χ4n) is 4.62. The topological polar surface area (TPSA) is 125 Å². The van der Waals surface area contributed by atoms with E-state index in [2.05, 4.69) is 5.32 Å². The number of rotatable bonds is 6. The molecule has 9 nitrogen and oxygen atoms in total. The van der Waals surface area contributed by atoms with Gasteiger partial charge in [-0.05, 0) is 45.1 Å². The average molecular weight is 471 g/mol. The molecule has 1 aromatic carbocycles. The van der Waals surface area contributed by atoms with Crippen LogP contribution in [0.4, 0.5) is 5.69 Å². The van der Waals surface area contributed by atoms with Crippen molar-refractivity contribution in [3.63, 3.8) is 0 Å². The Morgan fingerprint density at radius 2 is 1.97 bits per heavy atom. The van der Waals surface area contributed by atoms with Crippen LogP contribution in [0.2, 0.25) is 0 Å². The van der Waals surface area contributed by atoms with Gasteiger partial charge in [0.15, 0.2) is 5.78 Å². The summed E-state index contributed by atoms with van der Waals surface area (Å²) < 4.78 is 10.5. The zero-order valence-corrected chi connectivity index (χ0v) is 20.3. The van der Waals surface area contributed by atoms with E-state index in [1.165, 1.54) is 13.2 Å². The summed E-state index contributed by atoms with van der Waals surface area (Å²) in [5, 5.41) is 14.8. The maximum absolute atomic E-state index is 13.7. The highest BCUT2D eigenvalue weighted by Crippen LogP contribution is 2.46. The van der Waals surface area contributed by atoms with Gasteiger partial charge in [0.2, 0.25) is 0 Å². The number of nitrogens with one attached hydrogen (secondary N) is 1. The van der Waals surface area contributed by atoms with E-state index in [-0.39, 0.29) is 28.9 Å². The fourth-order valence-corrected chi connectivity index (χ4v) is 4.62. The molecular formula is C25H30N2O7. The molecule has 4 atom stereocenters. The Balaban J connectivity index is 2.23. The Bertz CT molecular complexity index is 1120. The third-order valence-electron chi connectivity index (χ3n) is 6.61. The highest BCUT2D eigenvalue weighted by atomic mass is 16.6. The second-order valence-electron chi connectivity index (χ2n) is 8.96. The predicted octanol–water partition coefficient (Wildman–Crippen LogP) is 3.86. The maximum Gasteiger partial charge on any atom is 0.337 e. The summed E-state index contributed by atoms with van der Waals surface area (Å²) in [6, 6.07) is 4.65. The number of ketones is 1. The van der Waals surface area contributed by atoms with Crippen LogP contribution in [-0.2, 0) is 23.9 Å². The highest BCUT2D eigenvalue weighted by Gasteiger charge is 2.47. The number of esters is 2. The molecule has 0 saturated carbocycles. The summed E-state index contributed by atoms with van der Waals surface area (Å²) in [6.07, 6.45) is 0.623. The molecule has 0 fully saturated rings. The molecule has 182 valence electrons. The number of hydrogen-bond donors (Lipinski definition) is 1. The van der Waals surface area contributed by atoms with E-state index >= 15 is 0 Å². The number of carbonyl (C=O) groups is 3. The lowest BCUT2D eigenvalue weighted by Crippen LogP contribution is -2.43. The molecule has 0 amide bonds. The molecule has 1 aromatic rings. The average Bonchev–Trinajstić information content (AvgIpc) is 2.77. The smallest absolute Gasteiger partial charge is 0.337 e. The van der Waals surface area contributed by atoms with Crippen LogP contribution >= 0.6 is 0 Å². The van der Waals surface area contributed by atoms with E-state index in [1.54, 1.807) is 39.8 Å². The largest absolute Gasteiger partial charge is 0.468 e. The zero-order chi connectivity index (χ0) is 25.3. The number of ether oxygens (including phenoxy) is 2. The van der Waals surface area contributed by atoms with Gasteiger partial charge in [0, 0.05) is 34.5 Å². The van der Waals surface area contributed by atoms with Gasteiger partial charge in [-0.3, -0.25) is 19.7 Å². The number of carbonyl (C=O) groups excluding carboxylic acids is 3. The van der Waals surface area contributed by atoms with Crippen LogP contribution in [0.3, 0.4) is 0 Å². The van der Waals surface area contributed by atoms with Crippen molar-refractivity contribution in [1.82, 2.24) is 5.32 Å². The molecular weight excluding hydrogens is 440 g/mol. The van der Waals surface area contributed by atoms with Gasteiger partial charge in [-0.1, -0.05) is 26.0 Å². The number of nitrogens with zero attached hydrogens (tertiary/aromatic N) is 1. The van der Waals surface area contributed by atoms with Gasteiger partial charge in [0.25, 0.3) is 5.69 Å². The predicted molar refractivity (Wildman–Crippen MR) is 124 cm³/mol. The summed E-state index contributed by atoms with van der Waals surface area (Å²) in [5.41, 5.74) is 2.30. The molecule has 1 aliphatic heterocycles. The minimum atomic E-state index is -1.03. The molecule has 1 aliphatic carbocycles. The van der Waals surface area contributed by atoms with Crippen molar-refractivity contribution in [3.8, 4) is 0 Å². The van der Waals surface area contributed by atoms with Crippen LogP contribution in [0, 0.1) is 28.9 Å². The van der Waals surface area contributed by atoms with E-state index in [0.717, 1.165) is 0 Å². The van der Waals surface area contributed by atoms with Crippen molar-refractivity contribution in [2.24, 2.45) is 11.8 Å². The lowest BCUT2D eigenvalue weighted by molar-refractivity contribution is -0.385. The number of hydrogen-bond acceptors (Lipinski definition) is 8. The van der Waals surface area contributed by atoms with Crippen LogP contribution < -0.4 is 5.32 Å². The molecule has 34 heavy (non-hydrogen) atoms. The van der Waals surface area contributed by atoms with Crippen LogP contribution in [0.25, 0.3) is 0 Å².